The summed E-state index contributed by atoms with van der Waals surface area (Å²) in [6, 6.07) is 6.83. The number of benzene rings is 1. The normalized spacial score (nSPS) is 14.4. The third kappa shape index (κ3) is 3.68. The molecule has 5 nitrogen and oxygen atoms in total. The van der Waals surface area contributed by atoms with Crippen LogP contribution in [-0.2, 0) is 9.59 Å². The number of nitrogens with one attached hydrogen (secondary N) is 2. The minimum Gasteiger partial charge on any atom is -0.352 e. The molecule has 1 aromatic rings. The number of hydrogen-bond donors (Lipinski definition) is 2. The first-order valence-electron chi connectivity index (χ1n) is 7.04. The number of anilines is 1. The summed E-state index contributed by atoms with van der Waals surface area (Å²) in [5.74, 6) is -0.656. The van der Waals surface area contributed by atoms with Crippen molar-refractivity contribution in [2.75, 3.05) is 5.32 Å². The van der Waals surface area contributed by atoms with Gasteiger partial charge in [-0.15, -0.1) is 0 Å². The van der Waals surface area contributed by atoms with Gasteiger partial charge in [-0.25, -0.2) is 0 Å². The zero-order valence-electron chi connectivity index (χ0n) is 12.5. The molecule has 112 valence electrons. The first-order chi connectivity index (χ1) is 9.80. The van der Waals surface area contributed by atoms with Crippen LogP contribution < -0.4 is 10.6 Å². The molecule has 0 aromatic heterocycles. The van der Waals surface area contributed by atoms with Crippen LogP contribution in [0.1, 0.15) is 44.0 Å². The quantitative estimate of drug-likeness (QED) is 0.644. The highest BCUT2D eigenvalue weighted by molar-refractivity contribution is 6.10. The molecule has 0 atom stereocenters. The monoisotopic (exact) mass is 288 g/mol. The highest BCUT2D eigenvalue weighted by atomic mass is 16.2. The van der Waals surface area contributed by atoms with Gasteiger partial charge in [0.25, 0.3) is 0 Å². The predicted molar refractivity (Wildman–Crippen MR) is 80.0 cm³/mol. The summed E-state index contributed by atoms with van der Waals surface area (Å²) in [6.45, 7) is 4.69. The maximum absolute atomic E-state index is 12.3. The smallest absolute Gasteiger partial charge is 0.239 e. The lowest BCUT2D eigenvalue weighted by Gasteiger charge is -2.22. The second kappa shape index (κ2) is 5.68. The van der Waals surface area contributed by atoms with Crippen molar-refractivity contribution < 1.29 is 14.4 Å². The van der Waals surface area contributed by atoms with Crippen molar-refractivity contribution in [3.05, 3.63) is 29.8 Å². The van der Waals surface area contributed by atoms with E-state index >= 15 is 0 Å². The van der Waals surface area contributed by atoms with Crippen LogP contribution in [0, 0.1) is 5.41 Å². The van der Waals surface area contributed by atoms with E-state index in [-0.39, 0.29) is 23.6 Å². The maximum atomic E-state index is 12.3. The summed E-state index contributed by atoms with van der Waals surface area (Å²) in [5.41, 5.74) is 0.0120. The van der Waals surface area contributed by atoms with Crippen LogP contribution in [0.5, 0.6) is 0 Å². The Labute approximate surface area is 124 Å². The molecule has 1 saturated carbocycles. The fourth-order valence-electron chi connectivity index (χ4n) is 1.77. The molecule has 0 unspecified atom stereocenters. The van der Waals surface area contributed by atoms with Gasteiger partial charge in [0.15, 0.2) is 5.78 Å². The molecule has 0 radical (unpaired) electrons. The highest BCUT2D eigenvalue weighted by Gasteiger charge is 2.38. The van der Waals surface area contributed by atoms with E-state index in [1.807, 2.05) is 0 Å². The first kappa shape index (κ1) is 15.2. The first-order valence-corrected chi connectivity index (χ1v) is 7.04. The number of ketones is 1. The molecule has 0 saturated heterocycles. The fraction of sp³-hybridized carbons (Fsp3) is 0.438. The number of rotatable bonds is 5. The van der Waals surface area contributed by atoms with Crippen molar-refractivity contribution in [1.29, 1.82) is 0 Å². The summed E-state index contributed by atoms with van der Waals surface area (Å²) >= 11 is 0. The topological polar surface area (TPSA) is 75.3 Å². The van der Waals surface area contributed by atoms with E-state index in [9.17, 15) is 14.4 Å². The zero-order chi connectivity index (χ0) is 15.6. The lowest BCUT2D eigenvalue weighted by atomic mass is 9.91. The molecule has 0 spiro atoms. The summed E-state index contributed by atoms with van der Waals surface area (Å²) in [4.78, 5) is 35.5. The van der Waals surface area contributed by atoms with Crippen LogP contribution in [0.4, 0.5) is 5.69 Å². The Kier molecular flexibility index (Phi) is 4.11. The highest BCUT2D eigenvalue weighted by Crippen LogP contribution is 2.24. The number of carbonyl (C=O) groups excluding carboxylic acids is 3. The van der Waals surface area contributed by atoms with Gasteiger partial charge in [0.05, 0.1) is 0 Å². The second-order valence-corrected chi connectivity index (χ2v) is 5.96. The van der Waals surface area contributed by atoms with Crippen LogP contribution in [-0.4, -0.2) is 23.6 Å². The van der Waals surface area contributed by atoms with Crippen molar-refractivity contribution in [3.63, 3.8) is 0 Å². The average molecular weight is 288 g/mol. The molecule has 2 N–H and O–H groups in total. The van der Waals surface area contributed by atoms with Crippen LogP contribution in [0.3, 0.4) is 0 Å². The van der Waals surface area contributed by atoms with Gasteiger partial charge >= 0.3 is 0 Å². The Morgan fingerprint density at radius 1 is 1.05 bits per heavy atom. The largest absolute Gasteiger partial charge is 0.352 e. The fourth-order valence-corrected chi connectivity index (χ4v) is 1.77. The van der Waals surface area contributed by atoms with Crippen LogP contribution >= 0.6 is 0 Å². The van der Waals surface area contributed by atoms with E-state index in [2.05, 4.69) is 10.6 Å². The Balaban J connectivity index is 2.01. The Morgan fingerprint density at radius 2 is 1.62 bits per heavy atom. The SMILES string of the molecule is CC(=O)c1ccc(NC(=O)C(C)(C)C(=O)NC2CC2)cc1. The molecule has 21 heavy (non-hydrogen) atoms. The third-order valence-corrected chi connectivity index (χ3v) is 3.60. The summed E-state index contributed by atoms with van der Waals surface area (Å²) in [7, 11) is 0. The summed E-state index contributed by atoms with van der Waals surface area (Å²) in [6.07, 6.45) is 1.96. The number of amides is 2. The number of Topliss-reactive ketones (excluding diaryl/α,β-unsaturated/α-hetero) is 1. The number of carbonyl (C=O) groups is 3. The van der Waals surface area contributed by atoms with Gasteiger partial charge in [0, 0.05) is 17.3 Å². The Bertz CT molecular complexity index is 572. The molecule has 2 amide bonds. The summed E-state index contributed by atoms with van der Waals surface area (Å²) in [5, 5.41) is 5.55. The van der Waals surface area contributed by atoms with Gasteiger partial charge in [-0.05, 0) is 57.9 Å². The summed E-state index contributed by atoms with van der Waals surface area (Å²) < 4.78 is 0. The van der Waals surface area contributed by atoms with Crippen molar-refractivity contribution in [2.45, 2.75) is 39.7 Å². The average Bonchev–Trinajstić information content (AvgIpc) is 3.23. The molecule has 0 heterocycles. The lowest BCUT2D eigenvalue weighted by molar-refractivity contribution is -0.138. The van der Waals surface area contributed by atoms with Crippen LogP contribution in [0.15, 0.2) is 24.3 Å². The Morgan fingerprint density at radius 3 is 2.10 bits per heavy atom. The lowest BCUT2D eigenvalue weighted by Crippen LogP contribution is -2.45. The van der Waals surface area contributed by atoms with E-state index in [1.54, 1.807) is 38.1 Å². The second-order valence-electron chi connectivity index (χ2n) is 5.96. The van der Waals surface area contributed by atoms with Gasteiger partial charge in [0.2, 0.25) is 11.8 Å². The molecule has 1 aliphatic carbocycles. The van der Waals surface area contributed by atoms with E-state index in [0.717, 1.165) is 12.8 Å². The zero-order valence-corrected chi connectivity index (χ0v) is 12.5. The molecular formula is C16H20N2O3. The molecule has 1 fully saturated rings. The van der Waals surface area contributed by atoms with Crippen molar-refractivity contribution in [3.8, 4) is 0 Å². The van der Waals surface area contributed by atoms with Crippen LogP contribution in [0.25, 0.3) is 0 Å². The van der Waals surface area contributed by atoms with Crippen molar-refractivity contribution >= 4 is 23.3 Å². The minimum absolute atomic E-state index is 0.0305. The van der Waals surface area contributed by atoms with E-state index in [4.69, 9.17) is 0 Å². The molecule has 1 aliphatic rings. The molecule has 2 rings (SSSR count). The van der Waals surface area contributed by atoms with Crippen molar-refractivity contribution in [1.82, 2.24) is 5.32 Å². The van der Waals surface area contributed by atoms with Crippen LogP contribution in [0.2, 0.25) is 0 Å². The van der Waals surface area contributed by atoms with Gasteiger partial charge in [-0.3, -0.25) is 14.4 Å². The molecular weight excluding hydrogens is 268 g/mol. The van der Waals surface area contributed by atoms with E-state index < -0.39 is 5.41 Å². The van der Waals surface area contributed by atoms with Gasteiger partial charge in [-0.2, -0.15) is 0 Å². The number of hydrogen-bond acceptors (Lipinski definition) is 3. The molecule has 0 bridgehead atoms. The van der Waals surface area contributed by atoms with Crippen molar-refractivity contribution in [2.24, 2.45) is 5.41 Å². The molecule has 0 aliphatic heterocycles. The van der Waals surface area contributed by atoms with Gasteiger partial charge < -0.3 is 10.6 Å². The standard InChI is InChI=1S/C16H20N2O3/c1-10(19)11-4-6-12(7-5-11)17-14(20)16(2,3)15(21)18-13-8-9-13/h4-7,13H,8-9H2,1-3H3,(H,17,20)(H,18,21). The minimum atomic E-state index is -1.14. The van der Waals surface area contributed by atoms with Gasteiger partial charge in [-0.1, -0.05) is 0 Å². The molecule has 5 heteroatoms. The predicted octanol–water partition coefficient (Wildman–Crippen LogP) is 2.13. The third-order valence-electron chi connectivity index (χ3n) is 3.60. The molecule has 1 aromatic carbocycles. The maximum Gasteiger partial charge on any atom is 0.239 e. The van der Waals surface area contributed by atoms with Gasteiger partial charge in [0.1, 0.15) is 5.41 Å². The van der Waals surface area contributed by atoms with E-state index in [0.29, 0.717) is 11.3 Å². The van der Waals surface area contributed by atoms with E-state index in [1.165, 1.54) is 6.92 Å². The Hall–Kier alpha value is -2.17.